The molecule has 0 fully saturated rings. The molecular formula is C12H18O2S. The smallest absolute Gasteiger partial charge is 0.306 e. The van der Waals surface area contributed by atoms with Gasteiger partial charge in [-0.15, -0.1) is 11.3 Å². The Morgan fingerprint density at radius 2 is 2.33 bits per heavy atom. The Kier molecular flexibility index (Phi) is 5.40. The van der Waals surface area contributed by atoms with E-state index in [1.165, 1.54) is 4.88 Å². The number of aryl methyl sites for hydroxylation is 1. The molecule has 0 N–H and O–H groups in total. The molecule has 3 heteroatoms. The van der Waals surface area contributed by atoms with Crippen LogP contribution in [0, 0.1) is 5.92 Å². The Morgan fingerprint density at radius 3 is 2.93 bits per heavy atom. The van der Waals surface area contributed by atoms with E-state index in [0.29, 0.717) is 18.9 Å². The molecule has 0 amide bonds. The molecule has 84 valence electrons. The van der Waals surface area contributed by atoms with Crippen molar-refractivity contribution in [3.8, 4) is 0 Å². The summed E-state index contributed by atoms with van der Waals surface area (Å²) in [6, 6.07) is 4.05. The fraction of sp³-hybridized carbons (Fsp3) is 0.583. The highest BCUT2D eigenvalue weighted by molar-refractivity contribution is 7.09. The first-order valence-corrected chi connectivity index (χ1v) is 6.24. The minimum Gasteiger partial charge on any atom is -0.466 e. The molecule has 1 aromatic heterocycles. The van der Waals surface area contributed by atoms with Gasteiger partial charge < -0.3 is 4.74 Å². The largest absolute Gasteiger partial charge is 0.466 e. The molecule has 0 saturated carbocycles. The van der Waals surface area contributed by atoms with Crippen LogP contribution < -0.4 is 0 Å². The van der Waals surface area contributed by atoms with Crippen LogP contribution in [0.15, 0.2) is 17.5 Å². The van der Waals surface area contributed by atoms with Crippen LogP contribution in [0.5, 0.6) is 0 Å². The quantitative estimate of drug-likeness (QED) is 0.696. The molecule has 2 nitrogen and oxygen atoms in total. The number of carbonyl (C=O) groups excluding carboxylic acids is 1. The number of hydrogen-bond acceptors (Lipinski definition) is 3. The van der Waals surface area contributed by atoms with E-state index in [1.54, 1.807) is 11.3 Å². The molecule has 0 aliphatic rings. The fourth-order valence-electron chi connectivity index (χ4n) is 1.16. The van der Waals surface area contributed by atoms with E-state index in [4.69, 9.17) is 4.74 Å². The molecule has 15 heavy (non-hydrogen) atoms. The molecule has 0 aromatic carbocycles. The van der Waals surface area contributed by atoms with Crippen LogP contribution in [0.2, 0.25) is 0 Å². The zero-order valence-corrected chi connectivity index (χ0v) is 10.2. The first kappa shape index (κ1) is 12.2. The van der Waals surface area contributed by atoms with Gasteiger partial charge in [0.2, 0.25) is 0 Å². The van der Waals surface area contributed by atoms with Gasteiger partial charge in [-0.3, -0.25) is 4.79 Å². The number of hydrogen-bond donors (Lipinski definition) is 0. The van der Waals surface area contributed by atoms with Crippen LogP contribution in [0.25, 0.3) is 0 Å². The fourth-order valence-corrected chi connectivity index (χ4v) is 1.87. The molecule has 0 radical (unpaired) electrons. The lowest BCUT2D eigenvalue weighted by Crippen LogP contribution is -2.08. The monoisotopic (exact) mass is 226 g/mol. The van der Waals surface area contributed by atoms with E-state index >= 15 is 0 Å². The second-order valence-electron chi connectivity index (χ2n) is 3.98. The molecule has 0 saturated heterocycles. The SMILES string of the molecule is CC(C)CCOC(=O)CCc1cccs1. The van der Waals surface area contributed by atoms with Gasteiger partial charge >= 0.3 is 5.97 Å². The van der Waals surface area contributed by atoms with Crippen molar-refractivity contribution in [3.63, 3.8) is 0 Å². The van der Waals surface area contributed by atoms with Crippen molar-refractivity contribution in [2.24, 2.45) is 5.92 Å². The Balaban J connectivity index is 2.09. The third-order valence-electron chi connectivity index (χ3n) is 2.11. The molecule has 1 aromatic rings. The first-order valence-electron chi connectivity index (χ1n) is 5.36. The van der Waals surface area contributed by atoms with Gasteiger partial charge in [-0.2, -0.15) is 0 Å². The summed E-state index contributed by atoms with van der Waals surface area (Å²) < 4.78 is 5.12. The number of carbonyl (C=O) groups is 1. The molecule has 0 unspecified atom stereocenters. The lowest BCUT2D eigenvalue weighted by molar-refractivity contribution is -0.143. The van der Waals surface area contributed by atoms with E-state index in [1.807, 2.05) is 17.5 Å². The van der Waals surface area contributed by atoms with Gasteiger partial charge in [0, 0.05) is 4.88 Å². The molecular weight excluding hydrogens is 208 g/mol. The van der Waals surface area contributed by atoms with E-state index in [9.17, 15) is 4.79 Å². The maximum atomic E-state index is 11.3. The first-order chi connectivity index (χ1) is 7.18. The molecule has 0 aliphatic carbocycles. The molecule has 0 atom stereocenters. The Morgan fingerprint density at radius 1 is 1.53 bits per heavy atom. The Labute approximate surface area is 95.3 Å². The van der Waals surface area contributed by atoms with Crippen molar-refractivity contribution in [2.75, 3.05) is 6.61 Å². The van der Waals surface area contributed by atoms with Gasteiger partial charge in [0.15, 0.2) is 0 Å². The van der Waals surface area contributed by atoms with E-state index in [2.05, 4.69) is 13.8 Å². The summed E-state index contributed by atoms with van der Waals surface area (Å²) in [4.78, 5) is 12.5. The third kappa shape index (κ3) is 5.57. The molecule has 1 heterocycles. The molecule has 1 rings (SSSR count). The van der Waals surface area contributed by atoms with Crippen molar-refractivity contribution in [1.82, 2.24) is 0 Å². The third-order valence-corrected chi connectivity index (χ3v) is 3.05. The topological polar surface area (TPSA) is 26.3 Å². The summed E-state index contributed by atoms with van der Waals surface area (Å²) in [5, 5.41) is 2.03. The summed E-state index contributed by atoms with van der Waals surface area (Å²) in [6.07, 6.45) is 2.25. The number of esters is 1. The van der Waals surface area contributed by atoms with Crippen molar-refractivity contribution in [1.29, 1.82) is 0 Å². The lowest BCUT2D eigenvalue weighted by atomic mass is 10.1. The van der Waals surface area contributed by atoms with Crippen LogP contribution in [0.4, 0.5) is 0 Å². The van der Waals surface area contributed by atoms with Crippen LogP contribution in [0.1, 0.15) is 31.6 Å². The van der Waals surface area contributed by atoms with E-state index in [0.717, 1.165) is 12.8 Å². The Hall–Kier alpha value is -0.830. The highest BCUT2D eigenvalue weighted by atomic mass is 32.1. The van der Waals surface area contributed by atoms with Crippen molar-refractivity contribution < 1.29 is 9.53 Å². The van der Waals surface area contributed by atoms with Crippen LogP contribution in [0.3, 0.4) is 0 Å². The van der Waals surface area contributed by atoms with Gasteiger partial charge in [-0.25, -0.2) is 0 Å². The summed E-state index contributed by atoms with van der Waals surface area (Å²) in [7, 11) is 0. The van der Waals surface area contributed by atoms with Crippen molar-refractivity contribution >= 4 is 17.3 Å². The van der Waals surface area contributed by atoms with Gasteiger partial charge in [-0.1, -0.05) is 19.9 Å². The minimum atomic E-state index is -0.0796. The summed E-state index contributed by atoms with van der Waals surface area (Å²) in [5.41, 5.74) is 0. The predicted octanol–water partition coefficient (Wildman–Crippen LogP) is 3.27. The van der Waals surface area contributed by atoms with E-state index in [-0.39, 0.29) is 5.97 Å². The maximum absolute atomic E-state index is 11.3. The van der Waals surface area contributed by atoms with Crippen molar-refractivity contribution in [3.05, 3.63) is 22.4 Å². The summed E-state index contributed by atoms with van der Waals surface area (Å²) in [5.74, 6) is 0.513. The molecule has 0 spiro atoms. The standard InChI is InChI=1S/C12H18O2S/c1-10(2)7-8-14-12(13)6-5-11-4-3-9-15-11/h3-4,9-10H,5-8H2,1-2H3. The van der Waals surface area contributed by atoms with Gasteiger partial charge in [-0.05, 0) is 30.2 Å². The number of thiophene rings is 1. The zero-order valence-electron chi connectivity index (χ0n) is 9.36. The Bertz CT molecular complexity index is 278. The second kappa shape index (κ2) is 6.62. The van der Waals surface area contributed by atoms with Gasteiger partial charge in [0.1, 0.15) is 0 Å². The minimum absolute atomic E-state index is 0.0796. The van der Waals surface area contributed by atoms with Crippen LogP contribution in [-0.2, 0) is 16.0 Å². The predicted molar refractivity (Wildman–Crippen MR) is 63.1 cm³/mol. The highest BCUT2D eigenvalue weighted by Gasteiger charge is 2.04. The maximum Gasteiger partial charge on any atom is 0.306 e. The molecule has 0 bridgehead atoms. The average molecular weight is 226 g/mol. The van der Waals surface area contributed by atoms with Crippen LogP contribution in [-0.4, -0.2) is 12.6 Å². The van der Waals surface area contributed by atoms with Crippen molar-refractivity contribution in [2.45, 2.75) is 33.1 Å². The van der Waals surface area contributed by atoms with E-state index < -0.39 is 0 Å². The zero-order chi connectivity index (χ0) is 11.1. The van der Waals surface area contributed by atoms with Gasteiger partial charge in [0.05, 0.1) is 13.0 Å². The van der Waals surface area contributed by atoms with Crippen LogP contribution >= 0.6 is 11.3 Å². The number of ether oxygens (including phenoxy) is 1. The van der Waals surface area contributed by atoms with Gasteiger partial charge in [0.25, 0.3) is 0 Å². The number of rotatable bonds is 6. The molecule has 0 aliphatic heterocycles. The second-order valence-corrected chi connectivity index (χ2v) is 5.01. The summed E-state index contributed by atoms with van der Waals surface area (Å²) in [6.45, 7) is 4.81. The summed E-state index contributed by atoms with van der Waals surface area (Å²) >= 11 is 1.69. The highest BCUT2D eigenvalue weighted by Crippen LogP contribution is 2.11. The lowest BCUT2D eigenvalue weighted by Gasteiger charge is -2.06. The normalized spacial score (nSPS) is 10.6. The average Bonchev–Trinajstić information content (AvgIpc) is 2.66.